The second-order valence-corrected chi connectivity index (χ2v) is 5.50. The SMILES string of the molecule is CC(C)O.CC(C)O.CC(C)O.COC(OC)C(=O)O.[Ti].[c-]1ccccc1. The smallest absolute Gasteiger partial charge is 0.361 e. The monoisotopic (exact) mass is 425 g/mol. The molecule has 4 N–H and O–H groups in total. The van der Waals surface area contributed by atoms with Crippen LogP contribution in [-0.2, 0) is 36.0 Å². The van der Waals surface area contributed by atoms with Gasteiger partial charge in [-0.2, -0.15) is 36.4 Å². The fraction of sp³-hybridized carbons (Fsp3) is 0.632. The van der Waals surface area contributed by atoms with Crippen LogP contribution in [-0.4, -0.2) is 65.2 Å². The number of hydrogen-bond acceptors (Lipinski definition) is 6. The van der Waals surface area contributed by atoms with Gasteiger partial charge in [0.2, 0.25) is 0 Å². The van der Waals surface area contributed by atoms with E-state index in [1.807, 2.05) is 30.3 Å². The Morgan fingerprint density at radius 2 is 1.04 bits per heavy atom. The first-order valence-electron chi connectivity index (χ1n) is 8.15. The summed E-state index contributed by atoms with van der Waals surface area (Å²) in [4.78, 5) is 9.91. The molecule has 0 spiro atoms. The van der Waals surface area contributed by atoms with Crippen LogP contribution >= 0.6 is 0 Å². The van der Waals surface area contributed by atoms with Gasteiger partial charge in [-0.1, -0.05) is 0 Å². The Labute approximate surface area is 179 Å². The molecule has 7 nitrogen and oxygen atoms in total. The van der Waals surface area contributed by atoms with Crippen molar-refractivity contribution in [2.45, 2.75) is 66.1 Å². The van der Waals surface area contributed by atoms with E-state index in [1.54, 1.807) is 41.5 Å². The number of ether oxygens (including phenoxy) is 2. The molecular weight excluding hydrogens is 388 g/mol. The van der Waals surface area contributed by atoms with Crippen molar-refractivity contribution in [1.29, 1.82) is 0 Å². The summed E-state index contributed by atoms with van der Waals surface area (Å²) in [6.45, 7) is 10.3. The molecule has 0 fully saturated rings. The molecule has 0 radical (unpaired) electrons. The number of aliphatic hydroxyl groups is 3. The molecule has 27 heavy (non-hydrogen) atoms. The summed E-state index contributed by atoms with van der Waals surface area (Å²) >= 11 is 0. The summed E-state index contributed by atoms with van der Waals surface area (Å²) in [5.41, 5.74) is 0. The average Bonchev–Trinajstić information content (AvgIpc) is 2.49. The minimum absolute atomic E-state index is 0. The maximum atomic E-state index is 9.91. The van der Waals surface area contributed by atoms with Gasteiger partial charge in [0.1, 0.15) is 0 Å². The van der Waals surface area contributed by atoms with Crippen molar-refractivity contribution in [3.05, 3.63) is 36.4 Å². The quantitative estimate of drug-likeness (QED) is 0.334. The van der Waals surface area contributed by atoms with Crippen LogP contribution in [0.2, 0.25) is 0 Å². The second kappa shape index (κ2) is 29.9. The molecule has 0 saturated heterocycles. The Hall–Kier alpha value is -0.796. The topological polar surface area (TPSA) is 116 Å². The van der Waals surface area contributed by atoms with Crippen LogP contribution in [0.5, 0.6) is 0 Å². The minimum Gasteiger partial charge on any atom is -0.477 e. The normalized spacial score (nSPS) is 8.70. The molecule has 1 aromatic carbocycles. The Morgan fingerprint density at radius 3 is 1.07 bits per heavy atom. The molecule has 0 heterocycles. The van der Waals surface area contributed by atoms with E-state index in [4.69, 9.17) is 20.4 Å². The van der Waals surface area contributed by atoms with Crippen LogP contribution in [0.15, 0.2) is 30.3 Å². The summed E-state index contributed by atoms with van der Waals surface area (Å²) in [6.07, 6.45) is -1.63. The summed E-state index contributed by atoms with van der Waals surface area (Å²) in [5.74, 6) is -1.12. The van der Waals surface area contributed by atoms with Gasteiger partial charge in [-0.3, -0.25) is 0 Å². The number of rotatable bonds is 3. The number of benzene rings is 1. The maximum absolute atomic E-state index is 9.91. The summed E-state index contributed by atoms with van der Waals surface area (Å²) in [7, 11) is 2.53. The van der Waals surface area contributed by atoms with Gasteiger partial charge in [-0.05, 0) is 41.5 Å². The van der Waals surface area contributed by atoms with Gasteiger partial charge in [-0.25, -0.2) is 4.79 Å². The van der Waals surface area contributed by atoms with E-state index in [1.165, 1.54) is 14.2 Å². The van der Waals surface area contributed by atoms with Gasteiger partial charge in [0.05, 0.1) is 0 Å². The van der Waals surface area contributed by atoms with E-state index in [0.29, 0.717) is 0 Å². The zero-order chi connectivity index (χ0) is 21.5. The van der Waals surface area contributed by atoms with Crippen molar-refractivity contribution in [1.82, 2.24) is 0 Å². The number of aliphatic hydroxyl groups excluding tert-OH is 3. The molecule has 8 heteroatoms. The van der Waals surface area contributed by atoms with Gasteiger partial charge < -0.3 is 29.9 Å². The first-order chi connectivity index (χ1) is 11.9. The van der Waals surface area contributed by atoms with Crippen LogP contribution in [0.3, 0.4) is 0 Å². The van der Waals surface area contributed by atoms with E-state index in [2.05, 4.69) is 15.5 Å². The van der Waals surface area contributed by atoms with E-state index in [-0.39, 0.29) is 40.0 Å². The van der Waals surface area contributed by atoms with Crippen molar-refractivity contribution in [2.24, 2.45) is 0 Å². The van der Waals surface area contributed by atoms with E-state index >= 15 is 0 Å². The fourth-order valence-electron chi connectivity index (χ4n) is 0.640. The first-order valence-corrected chi connectivity index (χ1v) is 8.15. The van der Waals surface area contributed by atoms with Gasteiger partial charge in [0.25, 0.3) is 6.29 Å². The third kappa shape index (κ3) is 77.8. The Bertz CT molecular complexity index is 307. The molecule has 0 saturated carbocycles. The minimum atomic E-state index is -1.13. The van der Waals surface area contributed by atoms with Gasteiger partial charge in [0, 0.05) is 54.2 Å². The Balaban J connectivity index is -0.0000000767. The van der Waals surface area contributed by atoms with Gasteiger partial charge in [0.15, 0.2) is 0 Å². The number of aliphatic carboxylic acids is 1. The molecule has 0 atom stereocenters. The van der Waals surface area contributed by atoms with Crippen LogP contribution in [0.1, 0.15) is 41.5 Å². The molecular formula is C19H37O7Ti-. The standard InChI is InChI=1S/C6H5.C4H8O4.3C3H8O.Ti/c1-2-4-6-5-3-1;1-7-4(8-2)3(5)6;3*1-3(2)4;/h1-5H;4H,1-2H3,(H,5,6);3*3-4H,1-2H3;/q-1;;;;;. The fourth-order valence-corrected chi connectivity index (χ4v) is 0.640. The van der Waals surface area contributed by atoms with Crippen LogP contribution in [0.25, 0.3) is 0 Å². The van der Waals surface area contributed by atoms with Crippen LogP contribution < -0.4 is 0 Å². The largest absolute Gasteiger partial charge is 0.477 e. The number of hydrogen-bond donors (Lipinski definition) is 4. The Morgan fingerprint density at radius 1 is 0.778 bits per heavy atom. The Kier molecular flexibility index (Phi) is 41.1. The molecule has 0 bridgehead atoms. The number of carboxylic acids is 1. The van der Waals surface area contributed by atoms with E-state index in [0.717, 1.165) is 0 Å². The second-order valence-electron chi connectivity index (χ2n) is 5.50. The molecule has 0 aliphatic rings. The van der Waals surface area contributed by atoms with Crippen molar-refractivity contribution in [3.63, 3.8) is 0 Å². The third-order valence-electron chi connectivity index (χ3n) is 1.24. The number of methoxy groups -OCH3 is 2. The molecule has 1 rings (SSSR count). The van der Waals surface area contributed by atoms with Gasteiger partial charge in [-0.15, -0.1) is 0 Å². The van der Waals surface area contributed by atoms with E-state index < -0.39 is 12.3 Å². The molecule has 0 aromatic heterocycles. The predicted molar refractivity (Wildman–Crippen MR) is 103 cm³/mol. The van der Waals surface area contributed by atoms with Gasteiger partial charge >= 0.3 is 5.97 Å². The molecule has 160 valence electrons. The van der Waals surface area contributed by atoms with Crippen LogP contribution in [0.4, 0.5) is 0 Å². The van der Waals surface area contributed by atoms with Crippen molar-refractivity contribution < 1.29 is 56.4 Å². The molecule has 0 aliphatic carbocycles. The van der Waals surface area contributed by atoms with E-state index in [9.17, 15) is 4.79 Å². The average molecular weight is 425 g/mol. The van der Waals surface area contributed by atoms with Crippen molar-refractivity contribution in [3.8, 4) is 0 Å². The molecule has 1 aromatic rings. The van der Waals surface area contributed by atoms with Crippen molar-refractivity contribution in [2.75, 3.05) is 14.2 Å². The summed E-state index contributed by atoms with van der Waals surface area (Å²) < 4.78 is 8.68. The zero-order valence-corrected chi connectivity index (χ0v) is 19.3. The summed E-state index contributed by atoms with van der Waals surface area (Å²) in [5, 5.41) is 32.3. The number of carboxylic acid groups (broad SMARTS) is 1. The predicted octanol–water partition coefficient (Wildman–Crippen LogP) is 2.34. The summed E-state index contributed by atoms with van der Waals surface area (Å²) in [6, 6.07) is 12.5. The first kappa shape index (κ1) is 37.0. The van der Waals surface area contributed by atoms with Crippen molar-refractivity contribution >= 4 is 5.97 Å². The number of carbonyl (C=O) groups is 1. The maximum Gasteiger partial charge on any atom is 0.361 e. The third-order valence-corrected chi connectivity index (χ3v) is 1.24. The van der Waals surface area contributed by atoms with Crippen LogP contribution in [0, 0.1) is 6.07 Å². The molecule has 0 unspecified atom stereocenters. The molecule has 0 aliphatic heterocycles. The zero-order valence-electron chi connectivity index (χ0n) is 17.7. The molecule has 0 amide bonds.